The Balaban J connectivity index is 2.38. The largest absolute Gasteiger partial charge is 0.508 e. The zero-order valence-corrected chi connectivity index (χ0v) is 11.7. The zero-order chi connectivity index (χ0) is 14.5. The summed E-state index contributed by atoms with van der Waals surface area (Å²) < 4.78 is 5.23. The molecule has 0 aromatic heterocycles. The lowest BCUT2D eigenvalue weighted by molar-refractivity contribution is -0.131. The SMILES string of the molecule is CCCc1cc(-c2ccc(O)cc2)ccc1OC(C)=O. The van der Waals surface area contributed by atoms with Crippen molar-refractivity contribution in [2.45, 2.75) is 26.7 Å². The molecule has 2 aromatic carbocycles. The van der Waals surface area contributed by atoms with Crippen LogP contribution in [0.3, 0.4) is 0 Å². The molecule has 3 nitrogen and oxygen atoms in total. The smallest absolute Gasteiger partial charge is 0.308 e. The highest BCUT2D eigenvalue weighted by atomic mass is 16.5. The van der Waals surface area contributed by atoms with Crippen LogP contribution in [0.4, 0.5) is 0 Å². The van der Waals surface area contributed by atoms with E-state index in [1.54, 1.807) is 12.1 Å². The van der Waals surface area contributed by atoms with Gasteiger partial charge in [-0.1, -0.05) is 31.5 Å². The first-order valence-electron chi connectivity index (χ1n) is 6.71. The fraction of sp³-hybridized carbons (Fsp3) is 0.235. The average Bonchev–Trinajstić information content (AvgIpc) is 2.41. The van der Waals surface area contributed by atoms with E-state index in [4.69, 9.17) is 4.74 Å². The van der Waals surface area contributed by atoms with Gasteiger partial charge in [0.2, 0.25) is 0 Å². The Hall–Kier alpha value is -2.29. The minimum absolute atomic E-state index is 0.249. The standard InChI is InChI=1S/C17H18O3/c1-3-4-15-11-14(7-10-17(15)20-12(2)18)13-5-8-16(19)9-6-13/h5-11,19H,3-4H2,1-2H3. The molecule has 0 aliphatic heterocycles. The van der Waals surface area contributed by atoms with Gasteiger partial charge < -0.3 is 9.84 Å². The number of phenols is 1. The van der Waals surface area contributed by atoms with Crippen molar-refractivity contribution in [1.82, 2.24) is 0 Å². The Kier molecular flexibility index (Phi) is 4.41. The van der Waals surface area contributed by atoms with Gasteiger partial charge in [0.25, 0.3) is 0 Å². The molecule has 0 saturated heterocycles. The van der Waals surface area contributed by atoms with Crippen LogP contribution in [0.5, 0.6) is 11.5 Å². The summed E-state index contributed by atoms with van der Waals surface area (Å²) in [5.41, 5.74) is 3.09. The molecular weight excluding hydrogens is 252 g/mol. The summed E-state index contributed by atoms with van der Waals surface area (Å²) in [7, 11) is 0. The van der Waals surface area contributed by atoms with Crippen molar-refractivity contribution in [3.8, 4) is 22.6 Å². The van der Waals surface area contributed by atoms with Crippen molar-refractivity contribution in [3.63, 3.8) is 0 Å². The molecule has 2 aromatic rings. The topological polar surface area (TPSA) is 46.5 Å². The number of aromatic hydroxyl groups is 1. The molecule has 0 heterocycles. The number of phenolic OH excluding ortho intramolecular Hbond substituents is 1. The van der Waals surface area contributed by atoms with E-state index < -0.39 is 0 Å². The van der Waals surface area contributed by atoms with Crippen LogP contribution >= 0.6 is 0 Å². The maximum absolute atomic E-state index is 11.1. The van der Waals surface area contributed by atoms with Crippen LogP contribution in [-0.4, -0.2) is 11.1 Å². The second-order valence-corrected chi connectivity index (χ2v) is 4.71. The molecule has 0 bridgehead atoms. The van der Waals surface area contributed by atoms with Crippen molar-refractivity contribution < 1.29 is 14.6 Å². The van der Waals surface area contributed by atoms with E-state index in [1.807, 2.05) is 30.3 Å². The Labute approximate surface area is 118 Å². The van der Waals surface area contributed by atoms with E-state index >= 15 is 0 Å². The maximum atomic E-state index is 11.1. The Morgan fingerprint density at radius 2 is 1.75 bits per heavy atom. The van der Waals surface area contributed by atoms with Gasteiger partial charge in [0.15, 0.2) is 0 Å². The minimum atomic E-state index is -0.306. The van der Waals surface area contributed by atoms with Gasteiger partial charge in [0.1, 0.15) is 11.5 Å². The normalized spacial score (nSPS) is 10.3. The van der Waals surface area contributed by atoms with Crippen LogP contribution in [0, 0.1) is 0 Å². The second-order valence-electron chi connectivity index (χ2n) is 4.71. The fourth-order valence-corrected chi connectivity index (χ4v) is 2.13. The third-order valence-electron chi connectivity index (χ3n) is 3.03. The Bertz CT molecular complexity index is 600. The third-order valence-corrected chi connectivity index (χ3v) is 3.03. The summed E-state index contributed by atoms with van der Waals surface area (Å²) in [4.78, 5) is 11.1. The zero-order valence-electron chi connectivity index (χ0n) is 11.7. The van der Waals surface area contributed by atoms with E-state index in [1.165, 1.54) is 6.92 Å². The molecule has 0 radical (unpaired) electrons. The van der Waals surface area contributed by atoms with Gasteiger partial charge in [-0.2, -0.15) is 0 Å². The number of carbonyl (C=O) groups excluding carboxylic acids is 1. The summed E-state index contributed by atoms with van der Waals surface area (Å²) in [6, 6.07) is 12.8. The molecule has 0 amide bonds. The van der Waals surface area contributed by atoms with Crippen molar-refractivity contribution in [2.24, 2.45) is 0 Å². The molecule has 0 aliphatic rings. The van der Waals surface area contributed by atoms with E-state index in [2.05, 4.69) is 6.92 Å². The van der Waals surface area contributed by atoms with Crippen LogP contribution in [-0.2, 0) is 11.2 Å². The number of aryl methyl sites for hydroxylation is 1. The minimum Gasteiger partial charge on any atom is -0.508 e. The van der Waals surface area contributed by atoms with Crippen molar-refractivity contribution in [1.29, 1.82) is 0 Å². The molecular formula is C17H18O3. The highest BCUT2D eigenvalue weighted by Crippen LogP contribution is 2.28. The number of rotatable bonds is 4. The van der Waals surface area contributed by atoms with Crippen LogP contribution < -0.4 is 4.74 Å². The monoisotopic (exact) mass is 270 g/mol. The first-order chi connectivity index (χ1) is 9.60. The Morgan fingerprint density at radius 1 is 1.10 bits per heavy atom. The quantitative estimate of drug-likeness (QED) is 0.676. The average molecular weight is 270 g/mol. The molecule has 3 heteroatoms. The second kappa shape index (κ2) is 6.24. The lowest BCUT2D eigenvalue weighted by atomic mass is 10.00. The van der Waals surface area contributed by atoms with Crippen LogP contribution in [0.1, 0.15) is 25.8 Å². The lowest BCUT2D eigenvalue weighted by Gasteiger charge is -2.11. The van der Waals surface area contributed by atoms with Gasteiger partial charge in [0, 0.05) is 6.92 Å². The molecule has 0 aliphatic carbocycles. The van der Waals surface area contributed by atoms with Gasteiger partial charge in [-0.25, -0.2) is 0 Å². The molecule has 2 rings (SSSR count). The Morgan fingerprint density at radius 3 is 2.35 bits per heavy atom. The highest BCUT2D eigenvalue weighted by Gasteiger charge is 2.08. The van der Waals surface area contributed by atoms with Gasteiger partial charge in [-0.3, -0.25) is 4.79 Å². The predicted molar refractivity (Wildman–Crippen MR) is 78.8 cm³/mol. The van der Waals surface area contributed by atoms with E-state index in [-0.39, 0.29) is 11.7 Å². The molecule has 0 spiro atoms. The predicted octanol–water partition coefficient (Wildman–Crippen LogP) is 3.94. The highest BCUT2D eigenvalue weighted by molar-refractivity contribution is 5.71. The molecule has 0 unspecified atom stereocenters. The number of ether oxygens (including phenoxy) is 1. The third kappa shape index (κ3) is 3.38. The van der Waals surface area contributed by atoms with Gasteiger partial charge in [0.05, 0.1) is 0 Å². The summed E-state index contributed by atoms with van der Waals surface area (Å²) in [6.07, 6.45) is 1.84. The summed E-state index contributed by atoms with van der Waals surface area (Å²) in [6.45, 7) is 3.49. The van der Waals surface area contributed by atoms with Crippen LogP contribution in [0.2, 0.25) is 0 Å². The molecule has 0 fully saturated rings. The number of carbonyl (C=O) groups is 1. The van der Waals surface area contributed by atoms with Gasteiger partial charge in [-0.15, -0.1) is 0 Å². The number of benzene rings is 2. The van der Waals surface area contributed by atoms with Crippen molar-refractivity contribution >= 4 is 5.97 Å². The molecule has 0 saturated carbocycles. The van der Waals surface area contributed by atoms with E-state index in [0.29, 0.717) is 5.75 Å². The van der Waals surface area contributed by atoms with Crippen molar-refractivity contribution in [3.05, 3.63) is 48.0 Å². The first kappa shape index (κ1) is 14.1. The molecule has 104 valence electrons. The first-order valence-corrected chi connectivity index (χ1v) is 6.71. The lowest BCUT2D eigenvalue weighted by Crippen LogP contribution is -2.04. The number of esters is 1. The van der Waals surface area contributed by atoms with E-state index in [9.17, 15) is 9.90 Å². The molecule has 20 heavy (non-hydrogen) atoms. The maximum Gasteiger partial charge on any atom is 0.308 e. The van der Waals surface area contributed by atoms with Crippen LogP contribution in [0.25, 0.3) is 11.1 Å². The van der Waals surface area contributed by atoms with Gasteiger partial charge in [-0.05, 0) is 47.4 Å². The molecule has 1 N–H and O–H groups in total. The van der Waals surface area contributed by atoms with Gasteiger partial charge >= 0.3 is 5.97 Å². The van der Waals surface area contributed by atoms with E-state index in [0.717, 1.165) is 29.5 Å². The fourth-order valence-electron chi connectivity index (χ4n) is 2.13. The number of hydrogen-bond donors (Lipinski definition) is 1. The summed E-state index contributed by atoms with van der Waals surface area (Å²) in [5, 5.41) is 9.33. The summed E-state index contributed by atoms with van der Waals surface area (Å²) in [5.74, 6) is 0.570. The van der Waals surface area contributed by atoms with Crippen LogP contribution in [0.15, 0.2) is 42.5 Å². The van der Waals surface area contributed by atoms with Crippen molar-refractivity contribution in [2.75, 3.05) is 0 Å². The molecule has 0 atom stereocenters. The number of hydrogen-bond acceptors (Lipinski definition) is 3. The summed E-state index contributed by atoms with van der Waals surface area (Å²) >= 11 is 0.